The summed E-state index contributed by atoms with van der Waals surface area (Å²) in [6.07, 6.45) is 5.35. The zero-order chi connectivity index (χ0) is 16.5. The van der Waals surface area contributed by atoms with Gasteiger partial charge in [0.25, 0.3) is 0 Å². The van der Waals surface area contributed by atoms with Crippen molar-refractivity contribution < 1.29 is 0 Å². The third kappa shape index (κ3) is 2.25. The molecule has 0 aliphatic rings. The van der Waals surface area contributed by atoms with E-state index >= 15 is 0 Å². The Morgan fingerprint density at radius 1 is 1.00 bits per heavy atom. The van der Waals surface area contributed by atoms with Gasteiger partial charge in [0.2, 0.25) is 0 Å². The molecule has 24 heavy (non-hydrogen) atoms. The second kappa shape index (κ2) is 5.48. The van der Waals surface area contributed by atoms with Crippen LogP contribution in [-0.4, -0.2) is 19.6 Å². The lowest BCUT2D eigenvalue weighted by atomic mass is 10.1. The summed E-state index contributed by atoms with van der Waals surface area (Å²) in [4.78, 5) is 8.84. The van der Waals surface area contributed by atoms with E-state index in [1.54, 1.807) is 29.0 Å². The summed E-state index contributed by atoms with van der Waals surface area (Å²) in [6.45, 7) is 0. The Hall–Kier alpha value is -3.72. The molecule has 0 atom stereocenters. The van der Waals surface area contributed by atoms with Crippen LogP contribution in [0, 0.1) is 11.3 Å². The van der Waals surface area contributed by atoms with Crippen LogP contribution in [0.1, 0.15) is 5.56 Å². The Balaban J connectivity index is 1.84. The van der Waals surface area contributed by atoms with Gasteiger partial charge in [-0.25, -0.2) is 9.50 Å². The Kier molecular flexibility index (Phi) is 3.18. The van der Waals surface area contributed by atoms with E-state index in [1.807, 2.05) is 36.5 Å². The molecule has 114 valence electrons. The van der Waals surface area contributed by atoms with Gasteiger partial charge in [-0.15, -0.1) is 5.10 Å². The molecule has 3 heterocycles. The largest absolute Gasteiger partial charge is 0.382 e. The minimum absolute atomic E-state index is 0.387. The summed E-state index contributed by atoms with van der Waals surface area (Å²) in [5, 5.41) is 13.2. The van der Waals surface area contributed by atoms with Crippen LogP contribution in [0.5, 0.6) is 0 Å². The number of benzene rings is 1. The van der Waals surface area contributed by atoms with Gasteiger partial charge in [0.1, 0.15) is 0 Å². The standard InChI is InChI=1S/C18H12N6/c19-9-12-4-6-13(7-5-12)14-10-22-18-16(15-3-1-2-8-21-15)17(20)23-24(18)11-14/h1-8,10-11H,(H2,20,23). The number of nitriles is 1. The number of aromatic nitrogens is 4. The molecule has 0 aliphatic carbocycles. The van der Waals surface area contributed by atoms with E-state index in [9.17, 15) is 0 Å². The lowest BCUT2D eigenvalue weighted by molar-refractivity contribution is 0.947. The van der Waals surface area contributed by atoms with Crippen LogP contribution < -0.4 is 5.73 Å². The molecule has 0 saturated carbocycles. The highest BCUT2D eigenvalue weighted by Crippen LogP contribution is 2.28. The molecule has 0 bridgehead atoms. The number of anilines is 1. The summed E-state index contributed by atoms with van der Waals surface area (Å²) < 4.78 is 1.66. The smallest absolute Gasteiger partial charge is 0.166 e. The topological polar surface area (TPSA) is 92.9 Å². The van der Waals surface area contributed by atoms with Crippen LogP contribution in [0.4, 0.5) is 5.82 Å². The van der Waals surface area contributed by atoms with Crippen molar-refractivity contribution in [2.45, 2.75) is 0 Å². The highest BCUT2D eigenvalue weighted by atomic mass is 15.3. The SMILES string of the molecule is N#Cc1ccc(-c2cnc3c(-c4ccccn4)c(N)nn3c2)cc1. The molecule has 6 heteroatoms. The van der Waals surface area contributed by atoms with E-state index in [4.69, 9.17) is 11.0 Å². The molecule has 0 fully saturated rings. The fraction of sp³-hybridized carbons (Fsp3) is 0. The molecule has 0 saturated heterocycles. The second-order valence-electron chi connectivity index (χ2n) is 5.28. The average Bonchev–Trinajstić information content (AvgIpc) is 2.97. The van der Waals surface area contributed by atoms with Crippen molar-refractivity contribution in [1.29, 1.82) is 5.26 Å². The molecule has 0 amide bonds. The maximum absolute atomic E-state index is 8.89. The number of pyridine rings is 1. The molecule has 0 aliphatic heterocycles. The highest BCUT2D eigenvalue weighted by Gasteiger charge is 2.15. The van der Waals surface area contributed by atoms with E-state index < -0.39 is 0 Å². The summed E-state index contributed by atoms with van der Waals surface area (Å²) in [5.41, 5.74) is 10.6. The number of hydrogen-bond donors (Lipinski definition) is 1. The molecular formula is C18H12N6. The Morgan fingerprint density at radius 3 is 2.54 bits per heavy atom. The fourth-order valence-electron chi connectivity index (χ4n) is 2.59. The maximum atomic E-state index is 8.89. The van der Waals surface area contributed by atoms with Gasteiger partial charge in [-0.2, -0.15) is 5.26 Å². The number of rotatable bonds is 2. The van der Waals surface area contributed by atoms with Crippen molar-refractivity contribution in [2.75, 3.05) is 5.73 Å². The van der Waals surface area contributed by atoms with Gasteiger partial charge in [-0.1, -0.05) is 18.2 Å². The molecule has 6 nitrogen and oxygen atoms in total. The van der Waals surface area contributed by atoms with Crippen LogP contribution in [0.3, 0.4) is 0 Å². The summed E-state index contributed by atoms with van der Waals surface area (Å²) in [7, 11) is 0. The van der Waals surface area contributed by atoms with Gasteiger partial charge in [0, 0.05) is 24.2 Å². The maximum Gasteiger partial charge on any atom is 0.166 e. The Morgan fingerprint density at radius 2 is 1.83 bits per heavy atom. The molecule has 0 spiro atoms. The molecule has 0 unspecified atom stereocenters. The number of nitrogens with two attached hydrogens (primary N) is 1. The Bertz CT molecular complexity index is 1060. The van der Waals surface area contributed by atoms with Gasteiger partial charge in [-0.3, -0.25) is 4.98 Å². The molecule has 4 rings (SSSR count). The first-order valence-electron chi connectivity index (χ1n) is 7.32. The third-order valence-corrected chi connectivity index (χ3v) is 3.77. The van der Waals surface area contributed by atoms with Gasteiger partial charge >= 0.3 is 0 Å². The lowest BCUT2D eigenvalue weighted by Crippen LogP contribution is -1.92. The average molecular weight is 312 g/mol. The van der Waals surface area contributed by atoms with Gasteiger partial charge in [0.15, 0.2) is 11.5 Å². The minimum Gasteiger partial charge on any atom is -0.382 e. The number of nitrogens with zero attached hydrogens (tertiary/aromatic N) is 5. The first-order chi connectivity index (χ1) is 11.8. The minimum atomic E-state index is 0.387. The molecule has 1 aromatic carbocycles. The lowest BCUT2D eigenvalue weighted by Gasteiger charge is -2.03. The summed E-state index contributed by atoms with van der Waals surface area (Å²) >= 11 is 0. The van der Waals surface area contributed by atoms with Crippen molar-refractivity contribution >= 4 is 11.5 Å². The summed E-state index contributed by atoms with van der Waals surface area (Å²) in [6, 6.07) is 15.0. The van der Waals surface area contributed by atoms with E-state index in [2.05, 4.69) is 21.1 Å². The molecule has 0 radical (unpaired) electrons. The van der Waals surface area contributed by atoms with Gasteiger partial charge < -0.3 is 5.73 Å². The normalized spacial score (nSPS) is 10.6. The fourth-order valence-corrected chi connectivity index (χ4v) is 2.59. The molecule has 4 aromatic rings. The second-order valence-corrected chi connectivity index (χ2v) is 5.28. The predicted octanol–water partition coefficient (Wildman–Crippen LogP) is 2.91. The quantitative estimate of drug-likeness (QED) is 0.614. The van der Waals surface area contributed by atoms with E-state index in [0.29, 0.717) is 17.0 Å². The van der Waals surface area contributed by atoms with E-state index in [1.165, 1.54) is 0 Å². The van der Waals surface area contributed by atoms with Gasteiger partial charge in [-0.05, 0) is 29.8 Å². The number of fused-ring (bicyclic) bond motifs is 1. The van der Waals surface area contributed by atoms with Gasteiger partial charge in [0.05, 0.1) is 22.9 Å². The van der Waals surface area contributed by atoms with E-state index in [0.717, 1.165) is 22.4 Å². The monoisotopic (exact) mass is 312 g/mol. The van der Waals surface area contributed by atoms with Crippen LogP contribution in [0.2, 0.25) is 0 Å². The first-order valence-corrected chi connectivity index (χ1v) is 7.32. The van der Waals surface area contributed by atoms with Crippen LogP contribution in [-0.2, 0) is 0 Å². The molecular weight excluding hydrogens is 300 g/mol. The number of nitrogen functional groups attached to an aromatic ring is 1. The van der Waals surface area contributed by atoms with Crippen LogP contribution >= 0.6 is 0 Å². The Labute approximate surface area is 137 Å². The highest BCUT2D eigenvalue weighted by molar-refractivity contribution is 5.84. The van der Waals surface area contributed by atoms with Crippen molar-refractivity contribution in [3.8, 4) is 28.5 Å². The van der Waals surface area contributed by atoms with Crippen molar-refractivity contribution in [1.82, 2.24) is 19.6 Å². The zero-order valence-corrected chi connectivity index (χ0v) is 12.6. The van der Waals surface area contributed by atoms with E-state index in [-0.39, 0.29) is 0 Å². The van der Waals surface area contributed by atoms with Crippen molar-refractivity contribution in [3.05, 3.63) is 66.6 Å². The predicted molar refractivity (Wildman–Crippen MR) is 90.8 cm³/mol. The third-order valence-electron chi connectivity index (χ3n) is 3.77. The number of hydrogen-bond acceptors (Lipinski definition) is 5. The van der Waals surface area contributed by atoms with Crippen molar-refractivity contribution in [3.63, 3.8) is 0 Å². The molecule has 2 N–H and O–H groups in total. The zero-order valence-electron chi connectivity index (χ0n) is 12.6. The van der Waals surface area contributed by atoms with Crippen LogP contribution in [0.25, 0.3) is 28.0 Å². The molecule has 3 aromatic heterocycles. The first kappa shape index (κ1) is 13.9. The summed E-state index contributed by atoms with van der Waals surface area (Å²) in [5.74, 6) is 0.387. The van der Waals surface area contributed by atoms with Crippen molar-refractivity contribution in [2.24, 2.45) is 0 Å². The van der Waals surface area contributed by atoms with Crippen LogP contribution in [0.15, 0.2) is 61.1 Å².